The fourth-order valence-corrected chi connectivity index (χ4v) is 4.57. The van der Waals surface area contributed by atoms with Gasteiger partial charge in [-0.05, 0) is 19.8 Å². The summed E-state index contributed by atoms with van der Waals surface area (Å²) >= 11 is 0.877. The minimum absolute atomic E-state index is 0.0413. The number of carbonyl (C=O) groups excluding carboxylic acids is 5. The highest BCUT2D eigenvalue weighted by molar-refractivity contribution is 8.76. The molecule has 13 nitrogen and oxygen atoms in total. The first kappa shape index (κ1) is 32.8. The molecule has 0 aliphatic heterocycles. The molecular formula is C20H32N6O7S4. The Hall–Kier alpha value is -2.24. The zero-order valence-electron chi connectivity index (χ0n) is 21.2. The van der Waals surface area contributed by atoms with Crippen LogP contribution in [0.2, 0.25) is 0 Å². The maximum absolute atomic E-state index is 12.0. The molecule has 0 saturated heterocycles. The molecular weight excluding hydrogens is 565 g/mol. The maximum Gasteiger partial charge on any atom is 0.326 e. The zero-order chi connectivity index (χ0) is 28.6. The average molecular weight is 599 g/mol. The summed E-state index contributed by atoms with van der Waals surface area (Å²) in [5, 5.41) is 21.4. The minimum Gasteiger partial charge on any atom is -0.480 e. The van der Waals surface area contributed by atoms with Gasteiger partial charge in [0.05, 0.1) is 12.0 Å². The number of carbonyl (C=O) groups is 6. The molecule has 37 heavy (non-hydrogen) atoms. The van der Waals surface area contributed by atoms with Crippen LogP contribution in [0.1, 0.15) is 45.4 Å². The third-order valence-corrected chi connectivity index (χ3v) is 7.17. The summed E-state index contributed by atoms with van der Waals surface area (Å²) in [6.07, 6.45) is 2.87. The van der Waals surface area contributed by atoms with Crippen LogP contribution in [0.3, 0.4) is 0 Å². The first-order valence-corrected chi connectivity index (χ1v) is 15.5. The van der Waals surface area contributed by atoms with Crippen molar-refractivity contribution in [2.75, 3.05) is 23.8 Å². The van der Waals surface area contributed by atoms with Gasteiger partial charge in [-0.15, -0.1) is 11.6 Å². The minimum atomic E-state index is -1.25. The Kier molecular flexibility index (Phi) is 20.3. The number of thiol groups is 1. The van der Waals surface area contributed by atoms with Gasteiger partial charge in [0.1, 0.15) is 7.17 Å². The number of Topliss-reactive ketones (excluding diaryl/α,β-unsaturated/α-hetero) is 1. The molecule has 1 atom stereocenters. The summed E-state index contributed by atoms with van der Waals surface area (Å²) in [5.74, 6) is -2.21. The highest BCUT2D eigenvalue weighted by Crippen LogP contribution is 2.21. The Morgan fingerprint density at radius 3 is 2.35 bits per heavy atom. The Morgan fingerprint density at radius 2 is 1.65 bits per heavy atom. The van der Waals surface area contributed by atoms with Crippen molar-refractivity contribution in [3.8, 4) is 0 Å². The van der Waals surface area contributed by atoms with Gasteiger partial charge in [-0.2, -0.15) is 10.2 Å². The predicted molar refractivity (Wildman–Crippen MR) is 151 cm³/mol. The van der Waals surface area contributed by atoms with Crippen LogP contribution in [-0.2, 0) is 28.8 Å². The summed E-state index contributed by atoms with van der Waals surface area (Å²) in [6.45, 7) is 2.07. The van der Waals surface area contributed by atoms with Crippen LogP contribution in [-0.4, -0.2) is 83.9 Å². The third-order valence-electron chi connectivity index (χ3n) is 4.03. The molecule has 4 amide bonds. The average Bonchev–Trinajstić information content (AvgIpc) is 2.87. The monoisotopic (exact) mass is 598 g/mol. The molecule has 1 unspecified atom stereocenters. The first-order valence-electron chi connectivity index (χ1n) is 11.5. The molecule has 0 radical (unpaired) electrons. The second-order valence-corrected chi connectivity index (χ2v) is 11.0. The van der Waals surface area contributed by atoms with Crippen molar-refractivity contribution < 1.29 is 33.9 Å². The van der Waals surface area contributed by atoms with Crippen LogP contribution in [0.25, 0.3) is 0 Å². The number of carboxylic acids is 1. The molecule has 0 saturated carbocycles. The quantitative estimate of drug-likeness (QED) is 0.0340. The van der Waals surface area contributed by atoms with E-state index in [9.17, 15) is 33.9 Å². The van der Waals surface area contributed by atoms with Crippen molar-refractivity contribution in [1.82, 2.24) is 21.5 Å². The van der Waals surface area contributed by atoms with Crippen molar-refractivity contribution in [2.45, 2.75) is 51.5 Å². The molecule has 208 valence electrons. The van der Waals surface area contributed by atoms with Gasteiger partial charge in [-0.25, -0.2) is 15.6 Å². The molecule has 0 heterocycles. The SMILES string of the molecule is [3H]SSCCNC(=O)CCCC(=O)N/N=C/C(=O)CCSSCC(=O)NC(CCC(=O)N/N=C/C)C(=O)O. The molecule has 0 fully saturated rings. The van der Waals surface area contributed by atoms with E-state index < -0.39 is 29.7 Å². The van der Waals surface area contributed by atoms with E-state index in [1.165, 1.54) is 27.8 Å². The van der Waals surface area contributed by atoms with Crippen LogP contribution in [0.5, 0.6) is 0 Å². The Balaban J connectivity index is 3.97. The lowest BCUT2D eigenvalue weighted by Crippen LogP contribution is -2.42. The van der Waals surface area contributed by atoms with Gasteiger partial charge >= 0.3 is 5.97 Å². The summed E-state index contributed by atoms with van der Waals surface area (Å²) in [6, 6.07) is -1.21. The lowest BCUT2D eigenvalue weighted by atomic mass is 10.1. The van der Waals surface area contributed by atoms with E-state index in [1.807, 2.05) is 0 Å². The van der Waals surface area contributed by atoms with E-state index in [4.69, 9.17) is 1.12 Å². The molecule has 0 spiro atoms. The first-order chi connectivity index (χ1) is 18.2. The number of hydrogen-bond donors (Lipinski definition) is 6. The molecule has 5 N–H and O–H groups in total. The van der Waals surface area contributed by atoms with Crippen molar-refractivity contribution in [2.24, 2.45) is 10.2 Å². The van der Waals surface area contributed by atoms with E-state index in [0.717, 1.165) is 28.6 Å². The van der Waals surface area contributed by atoms with Gasteiger partial charge < -0.3 is 15.7 Å². The number of hydrogen-bond acceptors (Lipinski definition) is 12. The Bertz CT molecular complexity index is 851. The predicted octanol–water partition coefficient (Wildman–Crippen LogP) is 0.765. The van der Waals surface area contributed by atoms with Crippen molar-refractivity contribution in [1.29, 1.82) is 1.12 Å². The molecule has 0 aromatic carbocycles. The lowest BCUT2D eigenvalue weighted by Gasteiger charge is -2.13. The number of carboxylic acid groups (broad SMARTS) is 1. The fraction of sp³-hybridized carbons (Fsp3) is 0.600. The van der Waals surface area contributed by atoms with Crippen LogP contribution < -0.4 is 21.5 Å². The summed E-state index contributed by atoms with van der Waals surface area (Å²) in [7, 11) is 3.70. The van der Waals surface area contributed by atoms with E-state index in [2.05, 4.69) is 31.7 Å². The molecule has 0 rings (SSSR count). The highest BCUT2D eigenvalue weighted by atomic mass is 33.1. The van der Waals surface area contributed by atoms with Crippen molar-refractivity contribution >= 4 is 91.8 Å². The van der Waals surface area contributed by atoms with Crippen LogP contribution >= 0.6 is 43.9 Å². The van der Waals surface area contributed by atoms with Gasteiger partial charge in [-0.1, -0.05) is 32.4 Å². The topological polar surface area (TPSA) is 195 Å². The number of aliphatic carboxylic acids is 1. The number of rotatable bonds is 22. The smallest absolute Gasteiger partial charge is 0.326 e. The standard InChI is InChI=1S/C20H32N6O7S4/c1-2-22-25-18(30)7-6-15(20(32)33)24-19(31)13-37-36-10-8-14(27)12-23-26-17(29)5-3-4-16(28)21-9-11-35-34/h2,12,15,34H,3-11,13H2,1H3,(H,21,28)(H,24,31)(H,25,30)(H,26,29)(H,32,33)/b22-2+,23-12+/i/hT. The van der Waals surface area contributed by atoms with E-state index in [-0.39, 0.29) is 49.5 Å². The number of nitrogens with one attached hydrogen (secondary N) is 4. The second kappa shape index (κ2) is 22.9. The normalized spacial score (nSPS) is 12.1. The molecule has 0 aliphatic carbocycles. The molecule has 17 heteroatoms. The maximum atomic E-state index is 12.0. The zero-order valence-corrected chi connectivity index (χ0v) is 23.5. The number of nitrogens with zero attached hydrogens (tertiary/aromatic N) is 2. The largest absolute Gasteiger partial charge is 0.480 e. The van der Waals surface area contributed by atoms with Crippen molar-refractivity contribution in [3.63, 3.8) is 0 Å². The highest BCUT2D eigenvalue weighted by Gasteiger charge is 2.21. The number of hydrazone groups is 2. The van der Waals surface area contributed by atoms with Crippen molar-refractivity contribution in [3.05, 3.63) is 0 Å². The molecule has 0 aromatic rings. The van der Waals surface area contributed by atoms with E-state index >= 15 is 0 Å². The summed E-state index contributed by atoms with van der Waals surface area (Å²) < 4.78 is 6.90. The van der Waals surface area contributed by atoms with E-state index in [1.54, 1.807) is 6.92 Å². The number of amides is 4. The van der Waals surface area contributed by atoms with Gasteiger partial charge in [0, 0.05) is 49.9 Å². The summed E-state index contributed by atoms with van der Waals surface area (Å²) in [5.41, 5.74) is 4.44. The Morgan fingerprint density at radius 1 is 0.946 bits per heavy atom. The van der Waals surface area contributed by atoms with Crippen LogP contribution in [0.4, 0.5) is 0 Å². The summed E-state index contributed by atoms with van der Waals surface area (Å²) in [4.78, 5) is 69.9. The molecule has 0 aliphatic rings. The molecule has 0 bridgehead atoms. The van der Waals surface area contributed by atoms with Gasteiger partial charge in [-0.3, -0.25) is 24.0 Å². The van der Waals surface area contributed by atoms with Crippen LogP contribution in [0.15, 0.2) is 10.2 Å². The molecule has 0 aromatic heterocycles. The van der Waals surface area contributed by atoms with Gasteiger partial charge in [0.2, 0.25) is 23.6 Å². The van der Waals surface area contributed by atoms with Gasteiger partial charge in [0.15, 0.2) is 5.78 Å². The Labute approximate surface area is 233 Å². The second-order valence-electron chi connectivity index (χ2n) is 7.04. The third kappa shape index (κ3) is 21.5. The number of ketones is 1. The van der Waals surface area contributed by atoms with Crippen LogP contribution in [0, 0.1) is 0 Å². The fourth-order valence-electron chi connectivity index (χ4n) is 2.28. The van der Waals surface area contributed by atoms with E-state index in [0.29, 0.717) is 24.5 Å². The lowest BCUT2D eigenvalue weighted by molar-refractivity contribution is -0.141. The van der Waals surface area contributed by atoms with Gasteiger partial charge in [0.25, 0.3) is 0 Å².